The molecule has 1 saturated heterocycles. The Balaban J connectivity index is 1.93. The zero-order valence-corrected chi connectivity index (χ0v) is 10.7. The first-order valence-electron chi connectivity index (χ1n) is 6.85. The Bertz CT molecular complexity index is 394. The molecule has 1 N–H and O–H groups in total. The molecule has 0 aromatic heterocycles. The number of nitrogens with zero attached hydrogens (tertiary/aromatic N) is 1. The summed E-state index contributed by atoms with van der Waals surface area (Å²) < 4.78 is 0. The summed E-state index contributed by atoms with van der Waals surface area (Å²) in [7, 11) is 0. The summed E-state index contributed by atoms with van der Waals surface area (Å²) >= 11 is 0. The minimum absolute atomic E-state index is 0.409. The molecular weight excluding hydrogens is 208 g/mol. The molecule has 0 bridgehead atoms. The number of nitrogens with one attached hydrogen (secondary N) is 1. The Morgan fingerprint density at radius 2 is 2.06 bits per heavy atom. The molecule has 2 nitrogen and oxygen atoms in total. The minimum atomic E-state index is 0.409. The topological polar surface area (TPSA) is 15.3 Å². The van der Waals surface area contributed by atoms with Gasteiger partial charge in [0.15, 0.2) is 0 Å². The average Bonchev–Trinajstić information content (AvgIpc) is 2.79. The van der Waals surface area contributed by atoms with Crippen molar-refractivity contribution >= 4 is 5.69 Å². The van der Waals surface area contributed by atoms with E-state index in [0.29, 0.717) is 5.54 Å². The van der Waals surface area contributed by atoms with Crippen LogP contribution in [0.3, 0.4) is 0 Å². The van der Waals surface area contributed by atoms with Crippen molar-refractivity contribution in [3.63, 3.8) is 0 Å². The molecule has 2 fully saturated rings. The van der Waals surface area contributed by atoms with Crippen LogP contribution >= 0.6 is 0 Å². The van der Waals surface area contributed by atoms with Gasteiger partial charge >= 0.3 is 0 Å². The maximum absolute atomic E-state index is 3.59. The predicted molar refractivity (Wildman–Crippen MR) is 72.6 cm³/mol. The van der Waals surface area contributed by atoms with Gasteiger partial charge in [-0.3, -0.25) is 0 Å². The Morgan fingerprint density at radius 3 is 2.82 bits per heavy atom. The first-order chi connectivity index (χ1) is 8.30. The molecule has 2 aliphatic rings. The van der Waals surface area contributed by atoms with E-state index < -0.39 is 0 Å². The lowest BCUT2D eigenvalue weighted by atomic mass is 9.92. The number of rotatable bonds is 1. The monoisotopic (exact) mass is 230 g/mol. The van der Waals surface area contributed by atoms with Gasteiger partial charge in [-0.25, -0.2) is 0 Å². The third kappa shape index (κ3) is 1.95. The number of hydrogen-bond acceptors (Lipinski definition) is 2. The van der Waals surface area contributed by atoms with E-state index in [-0.39, 0.29) is 0 Å². The smallest absolute Gasteiger partial charge is 0.0526 e. The minimum Gasteiger partial charge on any atom is -0.363 e. The molecule has 1 heterocycles. The van der Waals surface area contributed by atoms with E-state index >= 15 is 0 Å². The van der Waals surface area contributed by atoms with Crippen molar-refractivity contribution in [3.8, 4) is 0 Å². The molecule has 1 saturated carbocycles. The van der Waals surface area contributed by atoms with Crippen molar-refractivity contribution in [3.05, 3.63) is 29.8 Å². The van der Waals surface area contributed by atoms with Gasteiger partial charge in [-0.2, -0.15) is 0 Å². The molecule has 3 rings (SSSR count). The largest absolute Gasteiger partial charge is 0.363 e. The van der Waals surface area contributed by atoms with Crippen molar-refractivity contribution in [2.45, 2.75) is 38.1 Å². The van der Waals surface area contributed by atoms with Crippen LogP contribution in [0.2, 0.25) is 0 Å². The van der Waals surface area contributed by atoms with Crippen molar-refractivity contribution in [1.29, 1.82) is 0 Å². The molecule has 1 aromatic rings. The second-order valence-corrected chi connectivity index (χ2v) is 5.60. The lowest BCUT2D eigenvalue weighted by Crippen LogP contribution is -2.60. The van der Waals surface area contributed by atoms with Gasteiger partial charge in [0.2, 0.25) is 0 Å². The van der Waals surface area contributed by atoms with Crippen LogP contribution in [-0.2, 0) is 0 Å². The normalized spacial score (nSPS) is 23.2. The van der Waals surface area contributed by atoms with Crippen LogP contribution in [0.25, 0.3) is 0 Å². The Hall–Kier alpha value is -1.02. The quantitative estimate of drug-likeness (QED) is 0.798. The van der Waals surface area contributed by atoms with Crippen molar-refractivity contribution in [1.82, 2.24) is 5.32 Å². The fourth-order valence-electron chi connectivity index (χ4n) is 3.52. The van der Waals surface area contributed by atoms with E-state index in [0.717, 1.165) is 13.1 Å². The van der Waals surface area contributed by atoms with Crippen molar-refractivity contribution in [2.24, 2.45) is 0 Å². The standard InChI is InChI=1S/C15H22N2/c1-13-5-4-6-14(11-13)17-10-9-16-12-15(17)7-2-3-8-15/h4-6,11,16H,2-3,7-10,12H2,1H3. The third-order valence-corrected chi connectivity index (χ3v) is 4.39. The highest BCUT2D eigenvalue weighted by atomic mass is 15.3. The summed E-state index contributed by atoms with van der Waals surface area (Å²) in [6.07, 6.45) is 5.50. The maximum atomic E-state index is 3.59. The zero-order chi connectivity index (χ0) is 11.7. The summed E-state index contributed by atoms with van der Waals surface area (Å²) in [5.41, 5.74) is 3.20. The second-order valence-electron chi connectivity index (χ2n) is 5.60. The van der Waals surface area contributed by atoms with Gasteiger partial charge in [0.05, 0.1) is 5.54 Å². The molecule has 2 heteroatoms. The first-order valence-corrected chi connectivity index (χ1v) is 6.85. The van der Waals surface area contributed by atoms with Crippen LogP contribution in [0, 0.1) is 6.92 Å². The number of benzene rings is 1. The third-order valence-electron chi connectivity index (χ3n) is 4.39. The number of anilines is 1. The Morgan fingerprint density at radius 1 is 1.24 bits per heavy atom. The lowest BCUT2D eigenvalue weighted by molar-refractivity contribution is 0.332. The van der Waals surface area contributed by atoms with Crippen LogP contribution in [0.4, 0.5) is 5.69 Å². The van der Waals surface area contributed by atoms with Gasteiger partial charge < -0.3 is 10.2 Å². The average molecular weight is 230 g/mol. The second kappa shape index (κ2) is 4.34. The van der Waals surface area contributed by atoms with E-state index in [1.54, 1.807) is 0 Å². The molecule has 17 heavy (non-hydrogen) atoms. The predicted octanol–water partition coefficient (Wildman–Crippen LogP) is 2.72. The van der Waals surface area contributed by atoms with Crippen LogP contribution in [-0.4, -0.2) is 25.2 Å². The van der Waals surface area contributed by atoms with Crippen LogP contribution in [0.15, 0.2) is 24.3 Å². The highest BCUT2D eigenvalue weighted by Crippen LogP contribution is 2.39. The van der Waals surface area contributed by atoms with Gasteiger partial charge in [0.25, 0.3) is 0 Å². The van der Waals surface area contributed by atoms with Gasteiger partial charge in [-0.15, -0.1) is 0 Å². The fraction of sp³-hybridized carbons (Fsp3) is 0.600. The zero-order valence-electron chi connectivity index (χ0n) is 10.7. The number of aryl methyl sites for hydroxylation is 1. The maximum Gasteiger partial charge on any atom is 0.0526 e. The van der Waals surface area contributed by atoms with E-state index in [9.17, 15) is 0 Å². The van der Waals surface area contributed by atoms with Crippen molar-refractivity contribution < 1.29 is 0 Å². The van der Waals surface area contributed by atoms with Gasteiger partial charge in [0, 0.05) is 25.3 Å². The molecular formula is C15H22N2. The molecule has 0 unspecified atom stereocenters. The molecule has 1 spiro atoms. The van der Waals surface area contributed by atoms with E-state index in [4.69, 9.17) is 0 Å². The molecule has 92 valence electrons. The van der Waals surface area contributed by atoms with Crippen molar-refractivity contribution in [2.75, 3.05) is 24.5 Å². The number of hydrogen-bond donors (Lipinski definition) is 1. The summed E-state index contributed by atoms with van der Waals surface area (Å²) in [5, 5.41) is 3.59. The summed E-state index contributed by atoms with van der Waals surface area (Å²) in [5.74, 6) is 0. The van der Waals surface area contributed by atoms with E-state index in [1.165, 1.54) is 43.5 Å². The molecule has 0 amide bonds. The summed E-state index contributed by atoms with van der Waals surface area (Å²) in [4.78, 5) is 2.67. The SMILES string of the molecule is Cc1cccc(N2CCNCC23CCCC3)c1. The van der Waals surface area contributed by atoms with E-state index in [2.05, 4.69) is 41.4 Å². The van der Waals surface area contributed by atoms with Crippen LogP contribution < -0.4 is 10.2 Å². The molecule has 1 aliphatic carbocycles. The molecule has 0 radical (unpaired) electrons. The Labute approximate surface area is 104 Å². The van der Waals surface area contributed by atoms with Gasteiger partial charge in [-0.05, 0) is 37.5 Å². The molecule has 1 aromatic carbocycles. The summed E-state index contributed by atoms with van der Waals surface area (Å²) in [6, 6.07) is 8.99. The first kappa shape index (κ1) is 11.1. The molecule has 1 aliphatic heterocycles. The highest BCUT2D eigenvalue weighted by Gasteiger charge is 2.41. The lowest BCUT2D eigenvalue weighted by Gasteiger charge is -2.47. The van der Waals surface area contributed by atoms with E-state index in [1.807, 2.05) is 0 Å². The highest BCUT2D eigenvalue weighted by molar-refractivity contribution is 5.52. The Kier molecular flexibility index (Phi) is 2.83. The van der Waals surface area contributed by atoms with Crippen LogP contribution in [0.5, 0.6) is 0 Å². The number of piperazine rings is 1. The summed E-state index contributed by atoms with van der Waals surface area (Å²) in [6.45, 7) is 5.63. The van der Waals surface area contributed by atoms with Gasteiger partial charge in [-0.1, -0.05) is 25.0 Å². The fourth-order valence-corrected chi connectivity index (χ4v) is 3.52. The van der Waals surface area contributed by atoms with Crippen LogP contribution in [0.1, 0.15) is 31.2 Å². The van der Waals surface area contributed by atoms with Gasteiger partial charge in [0.1, 0.15) is 0 Å². The molecule has 0 atom stereocenters.